The van der Waals surface area contributed by atoms with Gasteiger partial charge < -0.3 is 19.0 Å². The predicted molar refractivity (Wildman–Crippen MR) is 151 cm³/mol. The Morgan fingerprint density at radius 3 is 2.38 bits per heavy atom. The number of rotatable bonds is 7. The lowest BCUT2D eigenvalue weighted by Gasteiger charge is -2.28. The van der Waals surface area contributed by atoms with Crippen LogP contribution in [0, 0.1) is 6.92 Å². The molecule has 4 aromatic rings. The van der Waals surface area contributed by atoms with E-state index in [0.717, 1.165) is 54.3 Å². The number of aromatic nitrogens is 3. The number of ether oxygens (including phenoxy) is 1. The van der Waals surface area contributed by atoms with Gasteiger partial charge in [0.1, 0.15) is 17.7 Å². The van der Waals surface area contributed by atoms with Crippen LogP contribution in [0.1, 0.15) is 34.6 Å². The molecule has 1 saturated heterocycles. The highest BCUT2D eigenvalue weighted by Crippen LogP contribution is 2.34. The molecule has 10 heteroatoms. The number of amides is 2. The Labute approximate surface area is 232 Å². The number of likely N-dealkylation sites (N-methyl/N-ethyl adjacent to an activating group) is 1. The van der Waals surface area contributed by atoms with Crippen molar-refractivity contribution in [3.63, 3.8) is 0 Å². The summed E-state index contributed by atoms with van der Waals surface area (Å²) in [5.74, 6) is 1.01. The summed E-state index contributed by atoms with van der Waals surface area (Å²) in [6, 6.07) is 15.0. The lowest BCUT2D eigenvalue weighted by atomic mass is 10.0. The summed E-state index contributed by atoms with van der Waals surface area (Å²) < 4.78 is 12.7. The third-order valence-corrected chi connectivity index (χ3v) is 7.64. The highest BCUT2D eigenvalue weighted by atomic mass is 16.5. The molecule has 206 valence electrons. The summed E-state index contributed by atoms with van der Waals surface area (Å²) in [5, 5.41) is 4.80. The lowest BCUT2D eigenvalue weighted by Crippen LogP contribution is -2.39. The van der Waals surface area contributed by atoms with Crippen LogP contribution in [0.25, 0.3) is 17.3 Å². The summed E-state index contributed by atoms with van der Waals surface area (Å²) in [6.45, 7) is 4.71. The second kappa shape index (κ2) is 10.6. The number of benzene rings is 2. The molecule has 0 bridgehead atoms. The maximum atomic E-state index is 14.0. The van der Waals surface area contributed by atoms with Crippen molar-refractivity contribution in [2.75, 3.05) is 50.1 Å². The zero-order chi connectivity index (χ0) is 27.8. The number of nitrogens with zero attached hydrogens (tertiary/aromatic N) is 6. The second-order valence-corrected chi connectivity index (χ2v) is 10.2. The monoisotopic (exact) mass is 540 g/mol. The van der Waals surface area contributed by atoms with Crippen molar-refractivity contribution in [2.24, 2.45) is 0 Å². The van der Waals surface area contributed by atoms with Gasteiger partial charge in [-0.2, -0.15) is 5.10 Å². The number of carbonyl (C=O) groups excluding carboxylic acids is 2. The summed E-state index contributed by atoms with van der Waals surface area (Å²) in [5.41, 5.74) is 4.89. The zero-order valence-electron chi connectivity index (χ0n) is 23.0. The van der Waals surface area contributed by atoms with E-state index in [9.17, 15) is 9.59 Å². The minimum absolute atomic E-state index is 0.0611. The van der Waals surface area contributed by atoms with Crippen molar-refractivity contribution in [2.45, 2.75) is 26.2 Å². The molecule has 2 aromatic heterocycles. The van der Waals surface area contributed by atoms with Gasteiger partial charge in [-0.25, -0.2) is 9.67 Å². The van der Waals surface area contributed by atoms with Crippen molar-refractivity contribution in [1.29, 1.82) is 0 Å². The van der Waals surface area contributed by atoms with Gasteiger partial charge in [-0.15, -0.1) is 0 Å². The smallest absolute Gasteiger partial charge is 0.277 e. The standard InChI is InChI=1S/C30H32N6O4/c1-20-19-40-29(31-20)27-25-14-17-35(30(38)28(25)36(32-27)23-10-12-24(39-3)13-11-23)22-8-6-21(7-9-22)33(2)26(37)18-34-15-4-5-16-34/h6-13,19H,4-5,14-18H2,1-3H3. The van der Waals surface area contributed by atoms with E-state index in [0.29, 0.717) is 42.5 Å². The van der Waals surface area contributed by atoms with Crippen LogP contribution in [-0.2, 0) is 11.2 Å². The Balaban J connectivity index is 1.30. The summed E-state index contributed by atoms with van der Waals surface area (Å²) in [4.78, 5) is 36.9. The SMILES string of the molecule is COc1ccc(-n2nc(-c3nc(C)co3)c3c2C(=O)N(c2ccc(N(C)C(=O)CN4CCCC4)cc2)CC3)cc1. The van der Waals surface area contributed by atoms with Gasteiger partial charge in [-0.1, -0.05) is 0 Å². The summed E-state index contributed by atoms with van der Waals surface area (Å²) in [6.07, 6.45) is 4.46. The van der Waals surface area contributed by atoms with Crippen molar-refractivity contribution < 1.29 is 18.7 Å². The van der Waals surface area contributed by atoms with Gasteiger partial charge in [0.05, 0.1) is 25.0 Å². The number of hydrogen-bond donors (Lipinski definition) is 0. The minimum atomic E-state index is -0.162. The molecule has 6 rings (SSSR count). The quantitative estimate of drug-likeness (QED) is 0.348. The van der Waals surface area contributed by atoms with Crippen LogP contribution in [0.3, 0.4) is 0 Å². The topological polar surface area (TPSA) is 96.9 Å². The van der Waals surface area contributed by atoms with E-state index in [1.54, 1.807) is 34.9 Å². The van der Waals surface area contributed by atoms with Gasteiger partial charge >= 0.3 is 0 Å². The van der Waals surface area contributed by atoms with E-state index in [1.807, 2.05) is 55.5 Å². The third-order valence-electron chi connectivity index (χ3n) is 7.64. The maximum Gasteiger partial charge on any atom is 0.277 e. The highest BCUT2D eigenvalue weighted by molar-refractivity contribution is 6.08. The summed E-state index contributed by atoms with van der Waals surface area (Å²) >= 11 is 0. The number of oxazole rings is 1. The Kier molecular flexibility index (Phi) is 6.85. The molecule has 4 heterocycles. The average Bonchev–Trinajstić information content (AvgIpc) is 3.73. The van der Waals surface area contributed by atoms with Gasteiger partial charge in [0.2, 0.25) is 11.8 Å². The number of hydrogen-bond acceptors (Lipinski definition) is 7. The first-order chi connectivity index (χ1) is 19.4. The van der Waals surface area contributed by atoms with Gasteiger partial charge in [0, 0.05) is 30.5 Å². The van der Waals surface area contributed by atoms with Crippen LogP contribution in [0.4, 0.5) is 11.4 Å². The average molecular weight is 541 g/mol. The number of fused-ring (bicyclic) bond motifs is 1. The van der Waals surface area contributed by atoms with E-state index in [1.165, 1.54) is 0 Å². The number of carbonyl (C=O) groups is 2. The molecule has 10 nitrogen and oxygen atoms in total. The van der Waals surface area contributed by atoms with E-state index in [2.05, 4.69) is 9.88 Å². The molecule has 2 aliphatic rings. The van der Waals surface area contributed by atoms with Gasteiger partial charge in [-0.05, 0) is 87.8 Å². The molecule has 2 aromatic carbocycles. The van der Waals surface area contributed by atoms with Gasteiger partial charge in [-0.3, -0.25) is 14.5 Å². The fourth-order valence-corrected chi connectivity index (χ4v) is 5.39. The van der Waals surface area contributed by atoms with Crippen LogP contribution in [0.5, 0.6) is 5.75 Å². The molecule has 0 aliphatic carbocycles. The van der Waals surface area contributed by atoms with Crippen LogP contribution in [-0.4, -0.2) is 71.8 Å². The molecule has 0 N–H and O–H groups in total. The molecule has 0 unspecified atom stereocenters. The number of anilines is 2. The first-order valence-corrected chi connectivity index (χ1v) is 13.5. The number of aryl methyl sites for hydroxylation is 1. The van der Waals surface area contributed by atoms with E-state index >= 15 is 0 Å². The maximum absolute atomic E-state index is 14.0. The fraction of sp³-hybridized carbons (Fsp3) is 0.333. The Morgan fingerprint density at radius 2 is 1.73 bits per heavy atom. The van der Waals surface area contributed by atoms with Crippen LogP contribution >= 0.6 is 0 Å². The molecule has 0 saturated carbocycles. The highest BCUT2D eigenvalue weighted by Gasteiger charge is 2.35. The normalized spacial score (nSPS) is 15.4. The predicted octanol–water partition coefficient (Wildman–Crippen LogP) is 4.11. The molecule has 2 amide bonds. The molecule has 0 radical (unpaired) electrons. The Hall–Kier alpha value is -4.44. The van der Waals surface area contributed by atoms with Crippen molar-refractivity contribution in [1.82, 2.24) is 19.7 Å². The van der Waals surface area contributed by atoms with Crippen LogP contribution < -0.4 is 14.5 Å². The van der Waals surface area contributed by atoms with Crippen molar-refractivity contribution in [3.05, 3.63) is 71.7 Å². The molecule has 1 fully saturated rings. The van der Waals surface area contributed by atoms with Crippen molar-refractivity contribution in [3.8, 4) is 23.0 Å². The number of likely N-dealkylation sites (tertiary alicyclic amines) is 1. The fourth-order valence-electron chi connectivity index (χ4n) is 5.39. The lowest BCUT2D eigenvalue weighted by molar-refractivity contribution is -0.119. The Morgan fingerprint density at radius 1 is 1.02 bits per heavy atom. The van der Waals surface area contributed by atoms with Gasteiger partial charge in [0.25, 0.3) is 5.91 Å². The first-order valence-electron chi connectivity index (χ1n) is 13.5. The second-order valence-electron chi connectivity index (χ2n) is 10.2. The summed E-state index contributed by atoms with van der Waals surface area (Å²) in [7, 11) is 3.41. The molecule has 40 heavy (non-hydrogen) atoms. The molecular formula is C30H32N6O4. The van der Waals surface area contributed by atoms with Gasteiger partial charge in [0.15, 0.2) is 5.69 Å². The van der Waals surface area contributed by atoms with E-state index in [4.69, 9.17) is 14.3 Å². The molecular weight excluding hydrogens is 508 g/mol. The van der Waals surface area contributed by atoms with Crippen LogP contribution in [0.2, 0.25) is 0 Å². The molecule has 2 aliphatic heterocycles. The third kappa shape index (κ3) is 4.75. The van der Waals surface area contributed by atoms with Crippen molar-refractivity contribution >= 4 is 23.2 Å². The zero-order valence-corrected chi connectivity index (χ0v) is 23.0. The van der Waals surface area contributed by atoms with E-state index < -0.39 is 0 Å². The molecule has 0 atom stereocenters. The van der Waals surface area contributed by atoms with Crippen LogP contribution in [0.15, 0.2) is 59.2 Å². The minimum Gasteiger partial charge on any atom is -0.497 e. The number of methoxy groups -OCH3 is 1. The van der Waals surface area contributed by atoms with E-state index in [-0.39, 0.29) is 11.8 Å². The first kappa shape index (κ1) is 25.8. The largest absolute Gasteiger partial charge is 0.497 e. The molecule has 0 spiro atoms. The Bertz CT molecular complexity index is 1530.